The molecular formula is C25H26Cl2N4O. The number of amides is 1. The Labute approximate surface area is 198 Å². The van der Waals surface area contributed by atoms with Crippen LogP contribution >= 0.6 is 23.2 Å². The van der Waals surface area contributed by atoms with Crippen molar-refractivity contribution < 1.29 is 4.79 Å². The highest BCUT2D eigenvalue weighted by Crippen LogP contribution is 2.32. The number of aryl methyl sites for hydroxylation is 1. The second-order valence-electron chi connectivity index (χ2n) is 8.17. The van der Waals surface area contributed by atoms with E-state index in [0.29, 0.717) is 27.2 Å². The molecule has 32 heavy (non-hydrogen) atoms. The second-order valence-corrected chi connectivity index (χ2v) is 9.04. The zero-order valence-corrected chi connectivity index (χ0v) is 19.3. The van der Waals surface area contributed by atoms with Crippen LogP contribution in [0.2, 0.25) is 10.0 Å². The van der Waals surface area contributed by atoms with Gasteiger partial charge in [-0.25, -0.2) is 4.98 Å². The predicted octanol–water partition coefficient (Wildman–Crippen LogP) is 6.28. The first-order chi connectivity index (χ1) is 15.6. The molecule has 3 aromatic rings. The van der Waals surface area contributed by atoms with Crippen LogP contribution in [0.1, 0.15) is 41.6 Å². The summed E-state index contributed by atoms with van der Waals surface area (Å²) < 4.78 is 0. The number of benzene rings is 1. The number of carbonyl (C=O) groups is 1. The number of carbonyl (C=O) groups excluding carboxylic acids is 1. The van der Waals surface area contributed by atoms with Gasteiger partial charge in [0.1, 0.15) is 0 Å². The average Bonchev–Trinajstić information content (AvgIpc) is 2.80. The van der Waals surface area contributed by atoms with Gasteiger partial charge in [0.25, 0.3) is 5.91 Å². The molecule has 5 nitrogen and oxygen atoms in total. The van der Waals surface area contributed by atoms with E-state index in [4.69, 9.17) is 23.2 Å². The number of halogens is 2. The summed E-state index contributed by atoms with van der Waals surface area (Å²) in [4.78, 5) is 23.6. The first-order valence-corrected chi connectivity index (χ1v) is 11.7. The lowest BCUT2D eigenvalue weighted by atomic mass is 9.91. The molecule has 0 spiro atoms. The van der Waals surface area contributed by atoms with Gasteiger partial charge in [-0.2, -0.15) is 0 Å². The lowest BCUT2D eigenvalue weighted by Crippen LogP contribution is -2.35. The summed E-state index contributed by atoms with van der Waals surface area (Å²) in [7, 11) is 0. The Morgan fingerprint density at radius 2 is 1.84 bits per heavy atom. The minimum atomic E-state index is -0.233. The van der Waals surface area contributed by atoms with Crippen LogP contribution in [0.25, 0.3) is 0 Å². The summed E-state index contributed by atoms with van der Waals surface area (Å²) in [5.74, 6) is 1.24. The maximum atomic E-state index is 12.7. The average molecular weight is 469 g/mol. The lowest BCUT2D eigenvalue weighted by molar-refractivity contribution is 0.102. The van der Waals surface area contributed by atoms with Gasteiger partial charge in [-0.15, -0.1) is 0 Å². The van der Waals surface area contributed by atoms with Crippen molar-refractivity contribution >= 4 is 40.6 Å². The monoisotopic (exact) mass is 468 g/mol. The van der Waals surface area contributed by atoms with Gasteiger partial charge in [0.05, 0.1) is 10.7 Å². The van der Waals surface area contributed by atoms with Gasteiger partial charge in [-0.05, 0) is 80.0 Å². The maximum absolute atomic E-state index is 12.7. The van der Waals surface area contributed by atoms with Crippen molar-refractivity contribution in [3.63, 3.8) is 0 Å². The van der Waals surface area contributed by atoms with Gasteiger partial charge in [0.15, 0.2) is 5.82 Å². The molecule has 2 aromatic heterocycles. The molecule has 166 valence electrons. The van der Waals surface area contributed by atoms with Crippen molar-refractivity contribution in [3.05, 3.63) is 82.2 Å². The number of pyridine rings is 2. The van der Waals surface area contributed by atoms with Crippen molar-refractivity contribution in [3.8, 4) is 0 Å². The minimum Gasteiger partial charge on any atom is -0.355 e. The molecule has 1 N–H and O–H groups in total. The molecule has 0 bridgehead atoms. The molecule has 1 aliphatic heterocycles. The van der Waals surface area contributed by atoms with Gasteiger partial charge in [-0.3, -0.25) is 9.78 Å². The molecule has 1 fully saturated rings. The van der Waals surface area contributed by atoms with Crippen molar-refractivity contribution in [2.24, 2.45) is 5.92 Å². The third-order valence-corrected chi connectivity index (χ3v) is 6.35. The third-order valence-electron chi connectivity index (χ3n) is 5.91. The first-order valence-electron chi connectivity index (χ1n) is 10.9. The Balaban J connectivity index is 1.35. The van der Waals surface area contributed by atoms with Crippen LogP contribution in [0.15, 0.2) is 61.1 Å². The number of hydrogen-bond donors (Lipinski definition) is 1. The van der Waals surface area contributed by atoms with Crippen LogP contribution < -0.4 is 10.2 Å². The quantitative estimate of drug-likeness (QED) is 0.443. The molecule has 7 heteroatoms. The summed E-state index contributed by atoms with van der Waals surface area (Å²) >= 11 is 12.2. The highest BCUT2D eigenvalue weighted by Gasteiger charge is 2.23. The Hall–Kier alpha value is -2.63. The van der Waals surface area contributed by atoms with E-state index in [0.717, 1.165) is 38.2 Å². The van der Waals surface area contributed by atoms with Crippen LogP contribution in [0.5, 0.6) is 0 Å². The molecule has 1 amide bonds. The van der Waals surface area contributed by atoms with E-state index in [1.165, 1.54) is 18.4 Å². The number of nitrogens with zero attached hydrogens (tertiary/aromatic N) is 3. The first kappa shape index (κ1) is 22.6. The van der Waals surface area contributed by atoms with Crippen LogP contribution in [-0.2, 0) is 6.42 Å². The van der Waals surface area contributed by atoms with E-state index < -0.39 is 0 Å². The van der Waals surface area contributed by atoms with E-state index in [2.05, 4.69) is 32.3 Å². The summed E-state index contributed by atoms with van der Waals surface area (Å²) in [6.07, 6.45) is 11.1. The molecule has 1 aliphatic rings. The molecule has 0 aliphatic carbocycles. The highest BCUT2D eigenvalue weighted by molar-refractivity contribution is 6.31. The zero-order chi connectivity index (χ0) is 22.3. The van der Waals surface area contributed by atoms with Crippen molar-refractivity contribution in [1.29, 1.82) is 0 Å². The molecule has 3 heterocycles. The number of anilines is 2. The van der Waals surface area contributed by atoms with E-state index in [-0.39, 0.29) is 5.91 Å². The number of hydrogen-bond acceptors (Lipinski definition) is 4. The smallest absolute Gasteiger partial charge is 0.255 e. The van der Waals surface area contributed by atoms with Gasteiger partial charge < -0.3 is 10.2 Å². The van der Waals surface area contributed by atoms with E-state index >= 15 is 0 Å². The Kier molecular flexibility index (Phi) is 7.61. The molecule has 4 rings (SSSR count). The molecule has 1 aromatic carbocycles. The maximum Gasteiger partial charge on any atom is 0.255 e. The molecule has 0 atom stereocenters. The Morgan fingerprint density at radius 3 is 2.59 bits per heavy atom. The molecule has 0 radical (unpaired) electrons. The van der Waals surface area contributed by atoms with Gasteiger partial charge in [-0.1, -0.05) is 29.3 Å². The van der Waals surface area contributed by atoms with Crippen LogP contribution in [-0.4, -0.2) is 29.0 Å². The van der Waals surface area contributed by atoms with E-state index in [1.807, 2.05) is 12.4 Å². The van der Waals surface area contributed by atoms with Gasteiger partial charge in [0, 0.05) is 42.3 Å². The van der Waals surface area contributed by atoms with Crippen LogP contribution in [0, 0.1) is 5.92 Å². The van der Waals surface area contributed by atoms with E-state index in [1.54, 1.807) is 36.5 Å². The Bertz CT molecular complexity index is 1050. The fourth-order valence-corrected chi connectivity index (χ4v) is 4.53. The lowest BCUT2D eigenvalue weighted by Gasteiger charge is -2.34. The summed E-state index contributed by atoms with van der Waals surface area (Å²) in [5, 5.41) is 3.97. The zero-order valence-electron chi connectivity index (χ0n) is 17.8. The highest BCUT2D eigenvalue weighted by atomic mass is 35.5. The number of nitrogens with one attached hydrogen (secondary N) is 1. The summed E-state index contributed by atoms with van der Waals surface area (Å²) in [6.45, 7) is 1.82. The van der Waals surface area contributed by atoms with Gasteiger partial charge in [0.2, 0.25) is 0 Å². The number of aromatic nitrogens is 2. The van der Waals surface area contributed by atoms with Crippen molar-refractivity contribution in [2.75, 3.05) is 23.3 Å². The largest absolute Gasteiger partial charge is 0.355 e. The van der Waals surface area contributed by atoms with Crippen molar-refractivity contribution in [2.45, 2.75) is 32.1 Å². The Morgan fingerprint density at radius 1 is 1.06 bits per heavy atom. The standard InChI is InChI=1S/C25H26Cl2N4O/c26-21-6-2-5-20(15-21)25(32)30-23-16-22(27)17-29-24(23)31-13-9-19(10-14-31)4-1-3-18-7-11-28-12-8-18/h2,5-8,11-12,15-17,19H,1,3-4,9-10,13-14H2,(H,30,32). The number of rotatable bonds is 7. The fraction of sp³-hybridized carbons (Fsp3) is 0.320. The topological polar surface area (TPSA) is 58.1 Å². The SMILES string of the molecule is O=C(Nc1cc(Cl)cnc1N1CCC(CCCc2ccncc2)CC1)c1cccc(Cl)c1. The molecular weight excluding hydrogens is 443 g/mol. The summed E-state index contributed by atoms with van der Waals surface area (Å²) in [5.41, 5.74) is 2.47. The molecule has 1 saturated heterocycles. The molecule has 0 unspecified atom stereocenters. The predicted molar refractivity (Wildman–Crippen MR) is 131 cm³/mol. The van der Waals surface area contributed by atoms with E-state index in [9.17, 15) is 4.79 Å². The van der Waals surface area contributed by atoms with Crippen LogP contribution in [0.3, 0.4) is 0 Å². The second kappa shape index (κ2) is 10.8. The van der Waals surface area contributed by atoms with Gasteiger partial charge >= 0.3 is 0 Å². The normalized spacial score (nSPS) is 14.4. The van der Waals surface area contributed by atoms with Crippen molar-refractivity contribution in [1.82, 2.24) is 9.97 Å². The third kappa shape index (κ3) is 5.99. The summed E-state index contributed by atoms with van der Waals surface area (Å²) in [6, 6.07) is 12.8. The van der Waals surface area contributed by atoms with Crippen LogP contribution in [0.4, 0.5) is 11.5 Å². The number of piperidine rings is 1. The minimum absolute atomic E-state index is 0.233. The molecule has 0 saturated carbocycles. The fourth-order valence-electron chi connectivity index (χ4n) is 4.18.